The van der Waals surface area contributed by atoms with E-state index in [9.17, 15) is 9.59 Å². The molecular formula is C22H14Cl2N2O3S3. The van der Waals surface area contributed by atoms with Gasteiger partial charge < -0.3 is 4.74 Å². The molecule has 5 nitrogen and oxygen atoms in total. The molecular weight excluding hydrogens is 507 g/mol. The monoisotopic (exact) mass is 520 g/mol. The van der Waals surface area contributed by atoms with Crippen molar-refractivity contribution in [2.45, 2.75) is 6.61 Å². The van der Waals surface area contributed by atoms with Crippen LogP contribution in [0.15, 0.2) is 64.9 Å². The zero-order valence-electron chi connectivity index (χ0n) is 16.2. The largest absolute Gasteiger partial charge is 0.489 e. The van der Waals surface area contributed by atoms with Gasteiger partial charge in [-0.15, -0.1) is 11.3 Å². The minimum Gasteiger partial charge on any atom is -0.489 e. The van der Waals surface area contributed by atoms with E-state index < -0.39 is 0 Å². The van der Waals surface area contributed by atoms with Crippen molar-refractivity contribution in [3.05, 3.63) is 90.9 Å². The van der Waals surface area contributed by atoms with E-state index in [1.807, 2.05) is 24.3 Å². The van der Waals surface area contributed by atoms with Crippen molar-refractivity contribution in [2.75, 3.05) is 0 Å². The van der Waals surface area contributed by atoms with E-state index in [0.29, 0.717) is 25.6 Å². The number of hydrogen-bond acceptors (Lipinski definition) is 6. The molecule has 0 atom stereocenters. The zero-order valence-corrected chi connectivity index (χ0v) is 20.2. The standard InChI is InChI=1S/C22H14Cl2N2O3S3/c23-15-7-6-14(17(24)11-15)12-29-16-4-1-3-13(9-16)10-19-21(28)26(22(30)32-19)25-20(27)18-5-2-8-31-18/h1-11H,12H2,(H,25,27)/b19-10+. The average molecular weight is 521 g/mol. The number of nitrogens with zero attached hydrogens (tertiary/aromatic N) is 1. The third-order valence-corrected chi connectivity index (χ3v) is 7.08. The van der Waals surface area contributed by atoms with E-state index >= 15 is 0 Å². The van der Waals surface area contributed by atoms with E-state index in [1.165, 1.54) is 11.3 Å². The number of carbonyl (C=O) groups excluding carboxylic acids is 2. The molecule has 10 heteroatoms. The fourth-order valence-electron chi connectivity index (χ4n) is 2.77. The second-order valence-electron chi connectivity index (χ2n) is 6.53. The first-order valence-corrected chi connectivity index (χ1v) is 12.1. The van der Waals surface area contributed by atoms with Crippen molar-refractivity contribution in [1.82, 2.24) is 10.4 Å². The van der Waals surface area contributed by atoms with Crippen molar-refractivity contribution < 1.29 is 14.3 Å². The average Bonchev–Trinajstić information content (AvgIpc) is 3.39. The summed E-state index contributed by atoms with van der Waals surface area (Å²) in [6.07, 6.45) is 1.71. The fourth-order valence-corrected chi connectivity index (χ4v) is 5.03. The lowest BCUT2D eigenvalue weighted by molar-refractivity contribution is -0.123. The number of nitrogens with one attached hydrogen (secondary N) is 1. The third-order valence-electron chi connectivity index (χ3n) is 4.32. The molecule has 0 bridgehead atoms. The number of benzene rings is 2. The Labute approximate surface area is 207 Å². The molecule has 0 radical (unpaired) electrons. The number of halogens is 2. The number of rotatable bonds is 6. The van der Waals surface area contributed by atoms with Gasteiger partial charge in [0.1, 0.15) is 12.4 Å². The van der Waals surface area contributed by atoms with Crippen LogP contribution in [-0.2, 0) is 11.4 Å². The minimum absolute atomic E-state index is 0.260. The number of carbonyl (C=O) groups is 2. The summed E-state index contributed by atoms with van der Waals surface area (Å²) in [4.78, 5) is 25.9. The Kier molecular flexibility index (Phi) is 7.17. The van der Waals surface area contributed by atoms with Crippen LogP contribution < -0.4 is 10.2 Å². The third kappa shape index (κ3) is 5.33. The summed E-state index contributed by atoms with van der Waals surface area (Å²) < 4.78 is 6.10. The first-order chi connectivity index (χ1) is 15.4. The van der Waals surface area contributed by atoms with Crippen molar-refractivity contribution in [2.24, 2.45) is 0 Å². The van der Waals surface area contributed by atoms with Crippen LogP contribution in [0.1, 0.15) is 20.8 Å². The number of ether oxygens (including phenoxy) is 1. The SMILES string of the molecule is O=C(NN1C(=O)/C(=C\c2cccc(OCc3ccc(Cl)cc3Cl)c2)SC1=S)c1cccs1. The summed E-state index contributed by atoms with van der Waals surface area (Å²) >= 11 is 19.8. The van der Waals surface area contributed by atoms with Crippen molar-refractivity contribution in [3.63, 3.8) is 0 Å². The van der Waals surface area contributed by atoms with E-state index in [0.717, 1.165) is 27.9 Å². The molecule has 0 unspecified atom stereocenters. The minimum atomic E-state index is -0.385. The Balaban J connectivity index is 1.45. The Bertz CT molecular complexity index is 1230. The normalized spacial score (nSPS) is 14.8. The molecule has 0 aliphatic carbocycles. The molecule has 1 aliphatic heterocycles. The maximum atomic E-state index is 12.8. The lowest BCUT2D eigenvalue weighted by Crippen LogP contribution is -2.44. The number of hydrogen-bond donors (Lipinski definition) is 1. The molecule has 1 saturated heterocycles. The van der Waals surface area contributed by atoms with Crippen LogP contribution in [0.2, 0.25) is 10.0 Å². The summed E-state index contributed by atoms with van der Waals surface area (Å²) in [5.74, 6) is -0.149. The van der Waals surface area contributed by atoms with Crippen molar-refractivity contribution >= 4 is 80.7 Å². The van der Waals surface area contributed by atoms with Gasteiger partial charge >= 0.3 is 0 Å². The Hall–Kier alpha value is -2.36. The highest BCUT2D eigenvalue weighted by Crippen LogP contribution is 2.32. The molecule has 4 rings (SSSR count). The molecule has 162 valence electrons. The van der Waals surface area contributed by atoms with Crippen LogP contribution in [-0.4, -0.2) is 21.1 Å². The Morgan fingerprint density at radius 3 is 2.75 bits per heavy atom. The van der Waals surface area contributed by atoms with Gasteiger partial charge in [0.2, 0.25) is 0 Å². The molecule has 1 fully saturated rings. The summed E-state index contributed by atoms with van der Waals surface area (Å²) in [6.45, 7) is 0.274. The van der Waals surface area contributed by atoms with Gasteiger partial charge in [-0.2, -0.15) is 5.01 Å². The maximum absolute atomic E-state index is 12.8. The van der Waals surface area contributed by atoms with Crippen LogP contribution in [0.4, 0.5) is 0 Å². The second kappa shape index (κ2) is 10.1. The topological polar surface area (TPSA) is 58.6 Å². The number of thioether (sulfide) groups is 1. The molecule has 2 heterocycles. The molecule has 2 amide bonds. The molecule has 0 spiro atoms. The summed E-state index contributed by atoms with van der Waals surface area (Å²) in [6, 6.07) is 16.0. The molecule has 0 saturated carbocycles. The van der Waals surface area contributed by atoms with Crippen LogP contribution in [0, 0.1) is 0 Å². The van der Waals surface area contributed by atoms with Gasteiger partial charge in [0.15, 0.2) is 4.32 Å². The van der Waals surface area contributed by atoms with Crippen LogP contribution in [0.25, 0.3) is 6.08 Å². The number of amides is 2. The highest BCUT2D eigenvalue weighted by Gasteiger charge is 2.33. The van der Waals surface area contributed by atoms with Gasteiger partial charge in [-0.05, 0) is 59.6 Å². The van der Waals surface area contributed by atoms with E-state index in [-0.39, 0.29) is 22.7 Å². The molecule has 1 aliphatic rings. The summed E-state index contributed by atoms with van der Waals surface area (Å²) in [5, 5.41) is 3.97. The predicted molar refractivity (Wildman–Crippen MR) is 134 cm³/mol. The molecule has 2 aromatic carbocycles. The highest BCUT2D eigenvalue weighted by atomic mass is 35.5. The Morgan fingerprint density at radius 1 is 1.16 bits per heavy atom. The quantitative estimate of drug-likeness (QED) is 0.310. The van der Waals surface area contributed by atoms with Gasteiger partial charge in [0.25, 0.3) is 11.8 Å². The molecule has 1 aromatic heterocycles. The molecule has 1 N–H and O–H groups in total. The van der Waals surface area contributed by atoms with E-state index in [2.05, 4.69) is 5.43 Å². The van der Waals surface area contributed by atoms with Gasteiger partial charge in [-0.3, -0.25) is 15.0 Å². The fraction of sp³-hybridized carbons (Fsp3) is 0.0455. The predicted octanol–water partition coefficient (Wildman–Crippen LogP) is 6.18. The lowest BCUT2D eigenvalue weighted by atomic mass is 10.2. The van der Waals surface area contributed by atoms with Crippen LogP contribution in [0.5, 0.6) is 5.75 Å². The zero-order chi connectivity index (χ0) is 22.7. The summed E-state index contributed by atoms with van der Waals surface area (Å²) in [5.41, 5.74) is 4.13. The molecule has 3 aromatic rings. The molecule has 32 heavy (non-hydrogen) atoms. The Morgan fingerprint density at radius 2 is 2.00 bits per heavy atom. The lowest BCUT2D eigenvalue weighted by Gasteiger charge is -2.14. The van der Waals surface area contributed by atoms with Gasteiger partial charge in [0.05, 0.1) is 9.78 Å². The van der Waals surface area contributed by atoms with Gasteiger partial charge in [-0.25, -0.2) is 0 Å². The van der Waals surface area contributed by atoms with Gasteiger partial charge in [-0.1, -0.05) is 59.2 Å². The summed E-state index contributed by atoms with van der Waals surface area (Å²) in [7, 11) is 0. The highest BCUT2D eigenvalue weighted by molar-refractivity contribution is 8.26. The first kappa shape index (κ1) is 22.8. The maximum Gasteiger partial charge on any atom is 0.285 e. The number of thiocarbonyl (C=S) groups is 1. The van der Waals surface area contributed by atoms with E-state index in [4.69, 9.17) is 40.2 Å². The first-order valence-electron chi connectivity index (χ1n) is 9.20. The van der Waals surface area contributed by atoms with Crippen LogP contribution in [0.3, 0.4) is 0 Å². The van der Waals surface area contributed by atoms with Crippen molar-refractivity contribution in [3.8, 4) is 5.75 Å². The smallest absolute Gasteiger partial charge is 0.285 e. The number of thiophene rings is 1. The van der Waals surface area contributed by atoms with Crippen LogP contribution >= 0.6 is 58.5 Å². The number of hydrazine groups is 1. The van der Waals surface area contributed by atoms with E-state index in [1.54, 1.807) is 41.8 Å². The van der Waals surface area contributed by atoms with Gasteiger partial charge in [0, 0.05) is 15.6 Å². The van der Waals surface area contributed by atoms with Crippen molar-refractivity contribution in [1.29, 1.82) is 0 Å². The second-order valence-corrected chi connectivity index (χ2v) is 10.00.